The van der Waals surface area contributed by atoms with Crippen LogP contribution in [0.25, 0.3) is 0 Å². The quantitative estimate of drug-likeness (QED) is 0.403. The van der Waals surface area contributed by atoms with Gasteiger partial charge in [0.2, 0.25) is 5.91 Å². The van der Waals surface area contributed by atoms with Crippen LogP contribution in [0.5, 0.6) is 0 Å². The van der Waals surface area contributed by atoms with Gasteiger partial charge < -0.3 is 20.3 Å². The van der Waals surface area contributed by atoms with Gasteiger partial charge in [0.15, 0.2) is 5.96 Å². The molecule has 1 saturated heterocycles. The van der Waals surface area contributed by atoms with E-state index in [1.807, 2.05) is 17.0 Å². The summed E-state index contributed by atoms with van der Waals surface area (Å²) in [5.74, 6) is 1.58. The van der Waals surface area contributed by atoms with E-state index in [2.05, 4.69) is 41.6 Å². The number of carbonyl (C=O) groups excluding carboxylic acids is 1. The Morgan fingerprint density at radius 3 is 2.65 bits per heavy atom. The maximum atomic E-state index is 11.8. The van der Waals surface area contributed by atoms with Gasteiger partial charge in [0.05, 0.1) is 0 Å². The standard InChI is InChI=1S/C20H32N4O2/c1-16(2)15-26-13-5-11-22-20(21-3)23-14-17-7-9-18(10-8-17)24-12-4-6-19(24)25/h7-10,16H,4-6,11-15H2,1-3H3,(H2,21,22,23). The molecule has 2 rings (SSSR count). The predicted octanol–water partition coefficient (Wildman–Crippen LogP) is 2.54. The second-order valence-corrected chi connectivity index (χ2v) is 6.99. The first kappa shape index (κ1) is 20.2. The van der Waals surface area contributed by atoms with Crippen LogP contribution in [0.4, 0.5) is 5.69 Å². The molecular weight excluding hydrogens is 328 g/mol. The average molecular weight is 361 g/mol. The van der Waals surface area contributed by atoms with Gasteiger partial charge in [0.25, 0.3) is 0 Å². The Hall–Kier alpha value is -2.08. The number of benzene rings is 1. The number of nitrogens with zero attached hydrogens (tertiary/aromatic N) is 2. The van der Waals surface area contributed by atoms with Gasteiger partial charge in [0, 0.05) is 52.0 Å². The molecule has 2 N–H and O–H groups in total. The normalized spacial score (nSPS) is 15.0. The zero-order valence-electron chi connectivity index (χ0n) is 16.3. The largest absolute Gasteiger partial charge is 0.381 e. The van der Waals surface area contributed by atoms with Crippen molar-refractivity contribution in [3.8, 4) is 0 Å². The third-order valence-electron chi connectivity index (χ3n) is 4.21. The van der Waals surface area contributed by atoms with Crippen molar-refractivity contribution < 1.29 is 9.53 Å². The van der Waals surface area contributed by atoms with E-state index in [9.17, 15) is 4.79 Å². The van der Waals surface area contributed by atoms with Crippen LogP contribution >= 0.6 is 0 Å². The maximum absolute atomic E-state index is 11.8. The number of ether oxygens (including phenoxy) is 1. The molecule has 26 heavy (non-hydrogen) atoms. The second-order valence-electron chi connectivity index (χ2n) is 6.99. The van der Waals surface area contributed by atoms with Crippen LogP contribution in [0.2, 0.25) is 0 Å². The Bertz CT molecular complexity index is 584. The molecule has 0 unspecified atom stereocenters. The summed E-state index contributed by atoms with van der Waals surface area (Å²) in [6.45, 7) is 8.23. The number of amides is 1. The van der Waals surface area contributed by atoms with Crippen LogP contribution in [0.1, 0.15) is 38.7 Å². The van der Waals surface area contributed by atoms with Gasteiger partial charge in [-0.3, -0.25) is 9.79 Å². The van der Waals surface area contributed by atoms with E-state index in [1.54, 1.807) is 7.05 Å². The van der Waals surface area contributed by atoms with Crippen molar-refractivity contribution in [1.29, 1.82) is 0 Å². The number of hydrogen-bond acceptors (Lipinski definition) is 3. The van der Waals surface area contributed by atoms with Crippen molar-refractivity contribution in [2.45, 2.75) is 39.7 Å². The molecule has 0 radical (unpaired) electrons. The monoisotopic (exact) mass is 360 g/mol. The van der Waals surface area contributed by atoms with E-state index < -0.39 is 0 Å². The topological polar surface area (TPSA) is 66.0 Å². The van der Waals surface area contributed by atoms with Crippen molar-refractivity contribution in [3.63, 3.8) is 0 Å². The van der Waals surface area contributed by atoms with Crippen molar-refractivity contribution in [2.24, 2.45) is 10.9 Å². The fourth-order valence-electron chi connectivity index (χ4n) is 2.82. The summed E-state index contributed by atoms with van der Waals surface area (Å²) < 4.78 is 5.57. The lowest BCUT2D eigenvalue weighted by atomic mass is 10.2. The zero-order chi connectivity index (χ0) is 18.8. The van der Waals surface area contributed by atoms with E-state index >= 15 is 0 Å². The minimum absolute atomic E-state index is 0.220. The van der Waals surface area contributed by atoms with Crippen LogP contribution in [0.3, 0.4) is 0 Å². The van der Waals surface area contributed by atoms with Crippen molar-refractivity contribution in [1.82, 2.24) is 10.6 Å². The fourth-order valence-corrected chi connectivity index (χ4v) is 2.82. The summed E-state index contributed by atoms with van der Waals surface area (Å²) in [7, 11) is 1.77. The highest BCUT2D eigenvalue weighted by Crippen LogP contribution is 2.21. The highest BCUT2D eigenvalue weighted by molar-refractivity contribution is 5.95. The Balaban J connectivity index is 1.68. The molecule has 6 nitrogen and oxygen atoms in total. The van der Waals surface area contributed by atoms with Crippen molar-refractivity contribution in [2.75, 3.05) is 38.3 Å². The first-order valence-corrected chi connectivity index (χ1v) is 9.51. The highest BCUT2D eigenvalue weighted by Gasteiger charge is 2.21. The molecule has 0 spiro atoms. The Kier molecular flexibility index (Phi) is 8.41. The molecule has 6 heteroatoms. The van der Waals surface area contributed by atoms with Crippen LogP contribution < -0.4 is 15.5 Å². The van der Waals surface area contributed by atoms with Gasteiger partial charge >= 0.3 is 0 Å². The summed E-state index contributed by atoms with van der Waals surface area (Å²) in [5.41, 5.74) is 2.14. The minimum Gasteiger partial charge on any atom is -0.381 e. The number of anilines is 1. The van der Waals surface area contributed by atoms with Gasteiger partial charge in [0.1, 0.15) is 0 Å². The van der Waals surface area contributed by atoms with Gasteiger partial charge in [-0.05, 0) is 36.5 Å². The smallest absolute Gasteiger partial charge is 0.227 e. The summed E-state index contributed by atoms with van der Waals surface area (Å²) in [6, 6.07) is 8.15. The van der Waals surface area contributed by atoms with E-state index in [0.717, 1.165) is 56.4 Å². The molecule has 0 bridgehead atoms. The number of carbonyl (C=O) groups is 1. The van der Waals surface area contributed by atoms with Gasteiger partial charge in [-0.1, -0.05) is 26.0 Å². The molecule has 0 aromatic heterocycles. The zero-order valence-corrected chi connectivity index (χ0v) is 16.3. The molecule has 1 aliphatic heterocycles. The molecule has 1 heterocycles. The number of rotatable bonds is 9. The first-order chi connectivity index (χ1) is 12.6. The molecule has 1 fully saturated rings. The lowest BCUT2D eigenvalue weighted by molar-refractivity contribution is -0.117. The minimum atomic E-state index is 0.220. The third-order valence-corrected chi connectivity index (χ3v) is 4.21. The third kappa shape index (κ3) is 6.67. The van der Waals surface area contributed by atoms with Gasteiger partial charge in [-0.15, -0.1) is 0 Å². The summed E-state index contributed by atoms with van der Waals surface area (Å²) in [4.78, 5) is 17.9. The van der Waals surface area contributed by atoms with Crippen LogP contribution in [0.15, 0.2) is 29.3 Å². The van der Waals surface area contributed by atoms with E-state index in [4.69, 9.17) is 4.74 Å². The summed E-state index contributed by atoms with van der Waals surface area (Å²) in [6.07, 6.45) is 2.56. The molecule has 144 valence electrons. The molecule has 0 aliphatic carbocycles. The predicted molar refractivity (Wildman–Crippen MR) is 107 cm³/mol. The van der Waals surface area contributed by atoms with Gasteiger partial charge in [-0.2, -0.15) is 0 Å². The lowest BCUT2D eigenvalue weighted by Crippen LogP contribution is -2.37. The summed E-state index contributed by atoms with van der Waals surface area (Å²) >= 11 is 0. The Morgan fingerprint density at radius 2 is 2.04 bits per heavy atom. The SMILES string of the molecule is CN=C(NCCCOCC(C)C)NCc1ccc(N2CCCC2=O)cc1. The Morgan fingerprint density at radius 1 is 1.27 bits per heavy atom. The maximum Gasteiger partial charge on any atom is 0.227 e. The molecule has 0 saturated carbocycles. The van der Waals surface area contributed by atoms with Crippen LogP contribution in [0, 0.1) is 5.92 Å². The summed E-state index contributed by atoms with van der Waals surface area (Å²) in [5, 5.41) is 6.61. The van der Waals surface area contributed by atoms with E-state index in [-0.39, 0.29) is 5.91 Å². The second kappa shape index (κ2) is 10.8. The van der Waals surface area contributed by atoms with Gasteiger partial charge in [-0.25, -0.2) is 0 Å². The Labute approximate surface area is 157 Å². The number of hydrogen-bond donors (Lipinski definition) is 2. The average Bonchev–Trinajstić information content (AvgIpc) is 3.06. The molecule has 1 aliphatic rings. The molecule has 1 amide bonds. The van der Waals surface area contributed by atoms with Crippen molar-refractivity contribution in [3.05, 3.63) is 29.8 Å². The molecule has 1 aromatic carbocycles. The van der Waals surface area contributed by atoms with Crippen LogP contribution in [-0.4, -0.2) is 45.2 Å². The van der Waals surface area contributed by atoms with Crippen LogP contribution in [-0.2, 0) is 16.1 Å². The number of nitrogens with one attached hydrogen (secondary N) is 2. The fraction of sp³-hybridized carbons (Fsp3) is 0.600. The lowest BCUT2D eigenvalue weighted by Gasteiger charge is -2.16. The molecular formula is C20H32N4O2. The molecule has 0 atom stereocenters. The van der Waals surface area contributed by atoms with E-state index in [0.29, 0.717) is 18.9 Å². The number of aliphatic imine (C=N–C) groups is 1. The first-order valence-electron chi connectivity index (χ1n) is 9.51. The number of guanidine groups is 1. The van der Waals surface area contributed by atoms with Crippen molar-refractivity contribution >= 4 is 17.6 Å². The molecule has 1 aromatic rings. The highest BCUT2D eigenvalue weighted by atomic mass is 16.5. The van der Waals surface area contributed by atoms with E-state index in [1.165, 1.54) is 0 Å².